The van der Waals surface area contributed by atoms with E-state index in [1.165, 1.54) is 0 Å². The lowest BCUT2D eigenvalue weighted by atomic mass is 10.2. The molecule has 17 heavy (non-hydrogen) atoms. The Morgan fingerprint density at radius 3 is 2.35 bits per heavy atom. The molecule has 3 nitrogen and oxygen atoms in total. The Morgan fingerprint density at radius 1 is 1.06 bits per heavy atom. The Labute approximate surface area is 102 Å². The number of benzene rings is 1. The maximum Gasteiger partial charge on any atom is 0.230 e. The first-order chi connectivity index (χ1) is 8.18. The Kier molecular flexibility index (Phi) is 3.38. The molecule has 0 amide bonds. The van der Waals surface area contributed by atoms with Crippen LogP contribution in [-0.4, -0.2) is 16.0 Å². The van der Waals surface area contributed by atoms with Crippen LogP contribution in [0.25, 0.3) is 0 Å². The summed E-state index contributed by atoms with van der Waals surface area (Å²) in [6.07, 6.45) is 1.80. The second kappa shape index (κ2) is 4.95. The van der Waals surface area contributed by atoms with E-state index in [1.54, 1.807) is 6.20 Å². The predicted octanol–water partition coefficient (Wildman–Crippen LogP) is 3.33. The van der Waals surface area contributed by atoms with E-state index >= 15 is 0 Å². The van der Waals surface area contributed by atoms with Crippen molar-refractivity contribution >= 4 is 11.6 Å². The molecule has 3 heteroatoms. The molecular weight excluding hydrogens is 210 g/mol. The summed E-state index contributed by atoms with van der Waals surface area (Å²) in [6.45, 7) is 6.26. The molecule has 2 aromatic rings. The Morgan fingerprint density at radius 2 is 1.76 bits per heavy atom. The van der Waals surface area contributed by atoms with Gasteiger partial charge >= 0.3 is 0 Å². The third-order valence-electron chi connectivity index (χ3n) is 2.55. The molecule has 0 N–H and O–H groups in total. The summed E-state index contributed by atoms with van der Waals surface area (Å²) in [5, 5.41) is 0. The van der Waals surface area contributed by atoms with E-state index in [0.717, 1.165) is 17.3 Å². The zero-order valence-corrected chi connectivity index (χ0v) is 10.5. The molecular formula is C14H17N3. The van der Waals surface area contributed by atoms with Crippen molar-refractivity contribution in [3.8, 4) is 0 Å². The summed E-state index contributed by atoms with van der Waals surface area (Å²) in [5.41, 5.74) is 2.10. The van der Waals surface area contributed by atoms with Crippen molar-refractivity contribution in [1.29, 1.82) is 0 Å². The smallest absolute Gasteiger partial charge is 0.230 e. The van der Waals surface area contributed by atoms with Gasteiger partial charge in [-0.15, -0.1) is 0 Å². The number of hydrogen-bond donors (Lipinski definition) is 0. The molecule has 0 aliphatic heterocycles. The highest BCUT2D eigenvalue weighted by molar-refractivity contribution is 5.57. The SMILES string of the molecule is Cc1ccnc(N(c2ccccc2)C(C)C)n1. The Bertz CT molecular complexity index is 480. The highest BCUT2D eigenvalue weighted by atomic mass is 15.3. The van der Waals surface area contributed by atoms with E-state index in [1.807, 2.05) is 31.2 Å². The van der Waals surface area contributed by atoms with E-state index in [9.17, 15) is 0 Å². The molecule has 0 aliphatic carbocycles. The third-order valence-corrected chi connectivity index (χ3v) is 2.55. The number of aromatic nitrogens is 2. The van der Waals surface area contributed by atoms with Crippen LogP contribution in [0.5, 0.6) is 0 Å². The number of para-hydroxylation sites is 1. The molecule has 0 aliphatic rings. The second-order valence-electron chi connectivity index (χ2n) is 4.30. The summed E-state index contributed by atoms with van der Waals surface area (Å²) >= 11 is 0. The molecule has 0 bridgehead atoms. The van der Waals surface area contributed by atoms with Crippen LogP contribution in [0.15, 0.2) is 42.6 Å². The lowest BCUT2D eigenvalue weighted by molar-refractivity contribution is 0.760. The second-order valence-corrected chi connectivity index (χ2v) is 4.30. The standard InChI is InChI=1S/C14H17N3/c1-11(2)17(13-7-5-4-6-8-13)14-15-10-9-12(3)16-14/h4-11H,1-3H3. The molecule has 0 saturated heterocycles. The van der Waals surface area contributed by atoms with Crippen molar-refractivity contribution in [2.45, 2.75) is 26.8 Å². The largest absolute Gasteiger partial charge is 0.308 e. The number of rotatable bonds is 3. The van der Waals surface area contributed by atoms with Crippen LogP contribution in [0.4, 0.5) is 11.6 Å². The van der Waals surface area contributed by atoms with Crippen molar-refractivity contribution in [3.63, 3.8) is 0 Å². The molecule has 1 heterocycles. The topological polar surface area (TPSA) is 29.0 Å². The van der Waals surface area contributed by atoms with Gasteiger partial charge < -0.3 is 4.90 Å². The lowest BCUT2D eigenvalue weighted by Gasteiger charge is -2.26. The molecule has 0 fully saturated rings. The van der Waals surface area contributed by atoms with Gasteiger partial charge in [-0.3, -0.25) is 0 Å². The molecule has 1 aromatic carbocycles. The number of anilines is 2. The van der Waals surface area contributed by atoms with Crippen molar-refractivity contribution < 1.29 is 0 Å². The molecule has 0 radical (unpaired) electrons. The summed E-state index contributed by atoms with van der Waals surface area (Å²) in [5.74, 6) is 0.756. The molecule has 88 valence electrons. The van der Waals surface area contributed by atoms with E-state index in [-0.39, 0.29) is 0 Å². The minimum absolute atomic E-state index is 0.319. The molecule has 0 unspecified atom stereocenters. The van der Waals surface area contributed by atoms with Gasteiger partial charge in [-0.2, -0.15) is 0 Å². The fourth-order valence-electron chi connectivity index (χ4n) is 1.78. The Hall–Kier alpha value is -1.90. The predicted molar refractivity (Wildman–Crippen MR) is 70.5 cm³/mol. The van der Waals surface area contributed by atoms with Gasteiger partial charge in [0.05, 0.1) is 0 Å². The first kappa shape index (κ1) is 11.6. The average molecular weight is 227 g/mol. The van der Waals surface area contributed by atoms with E-state index in [2.05, 4.69) is 40.8 Å². The Balaban J connectivity index is 2.43. The van der Waals surface area contributed by atoms with Crippen molar-refractivity contribution in [2.24, 2.45) is 0 Å². The van der Waals surface area contributed by atoms with E-state index in [0.29, 0.717) is 6.04 Å². The third kappa shape index (κ3) is 2.61. The van der Waals surface area contributed by atoms with Crippen LogP contribution < -0.4 is 4.90 Å². The molecule has 0 spiro atoms. The zero-order chi connectivity index (χ0) is 12.3. The van der Waals surface area contributed by atoms with Gasteiger partial charge in [-0.25, -0.2) is 9.97 Å². The normalized spacial score (nSPS) is 10.6. The monoisotopic (exact) mass is 227 g/mol. The van der Waals surface area contributed by atoms with Gasteiger partial charge in [0.25, 0.3) is 0 Å². The van der Waals surface area contributed by atoms with Gasteiger partial charge in [-0.1, -0.05) is 18.2 Å². The van der Waals surface area contributed by atoms with Crippen LogP contribution in [0.2, 0.25) is 0 Å². The van der Waals surface area contributed by atoms with Crippen molar-refractivity contribution in [1.82, 2.24) is 9.97 Å². The first-order valence-electron chi connectivity index (χ1n) is 5.82. The molecule has 0 atom stereocenters. The van der Waals surface area contributed by atoms with E-state index < -0.39 is 0 Å². The summed E-state index contributed by atoms with van der Waals surface area (Å²) in [6, 6.07) is 12.4. The first-order valence-corrected chi connectivity index (χ1v) is 5.82. The van der Waals surface area contributed by atoms with Crippen LogP contribution in [0.3, 0.4) is 0 Å². The average Bonchev–Trinajstić information content (AvgIpc) is 2.30. The van der Waals surface area contributed by atoms with Crippen LogP contribution >= 0.6 is 0 Å². The van der Waals surface area contributed by atoms with Gasteiger partial charge in [0, 0.05) is 23.6 Å². The molecule has 1 aromatic heterocycles. The van der Waals surface area contributed by atoms with Crippen LogP contribution in [0, 0.1) is 6.92 Å². The highest BCUT2D eigenvalue weighted by Crippen LogP contribution is 2.24. The minimum Gasteiger partial charge on any atom is -0.308 e. The van der Waals surface area contributed by atoms with Gasteiger partial charge in [0.1, 0.15) is 0 Å². The fraction of sp³-hybridized carbons (Fsp3) is 0.286. The van der Waals surface area contributed by atoms with Gasteiger partial charge in [-0.05, 0) is 39.0 Å². The van der Waals surface area contributed by atoms with Crippen molar-refractivity contribution in [2.75, 3.05) is 4.90 Å². The molecule has 2 rings (SSSR count). The minimum atomic E-state index is 0.319. The number of nitrogens with zero attached hydrogens (tertiary/aromatic N) is 3. The van der Waals surface area contributed by atoms with E-state index in [4.69, 9.17) is 0 Å². The van der Waals surface area contributed by atoms with Gasteiger partial charge in [0.15, 0.2) is 0 Å². The lowest BCUT2D eigenvalue weighted by Crippen LogP contribution is -2.27. The molecule has 0 saturated carbocycles. The van der Waals surface area contributed by atoms with Gasteiger partial charge in [0.2, 0.25) is 5.95 Å². The number of aryl methyl sites for hydroxylation is 1. The van der Waals surface area contributed by atoms with Crippen molar-refractivity contribution in [3.05, 3.63) is 48.3 Å². The summed E-state index contributed by atoms with van der Waals surface area (Å²) in [7, 11) is 0. The summed E-state index contributed by atoms with van der Waals surface area (Å²) < 4.78 is 0. The highest BCUT2D eigenvalue weighted by Gasteiger charge is 2.15. The fourth-order valence-corrected chi connectivity index (χ4v) is 1.78. The van der Waals surface area contributed by atoms with Crippen LogP contribution in [0.1, 0.15) is 19.5 Å². The number of hydrogen-bond acceptors (Lipinski definition) is 3. The van der Waals surface area contributed by atoms with Crippen LogP contribution in [-0.2, 0) is 0 Å². The quantitative estimate of drug-likeness (QED) is 0.805. The zero-order valence-electron chi connectivity index (χ0n) is 10.5. The maximum atomic E-state index is 4.49. The maximum absolute atomic E-state index is 4.49. The summed E-state index contributed by atoms with van der Waals surface area (Å²) in [4.78, 5) is 11.0.